The molecule has 0 radical (unpaired) electrons. The van der Waals surface area contributed by atoms with Crippen molar-refractivity contribution in [2.75, 3.05) is 10.2 Å². The first kappa shape index (κ1) is 21.0. The Bertz CT molecular complexity index is 1220. The molecular formula is C23H22N6O3. The molecule has 2 aromatic carbocycles. The lowest BCUT2D eigenvalue weighted by Crippen LogP contribution is -2.29. The summed E-state index contributed by atoms with van der Waals surface area (Å²) in [6, 6.07) is 18.3. The number of aromatic nitrogens is 4. The highest BCUT2D eigenvalue weighted by Gasteiger charge is 2.24. The first-order valence-corrected chi connectivity index (χ1v) is 10.1. The zero-order chi connectivity index (χ0) is 22.7. The lowest BCUT2D eigenvalue weighted by atomic mass is 10.2. The number of para-hydroxylation sites is 2. The molecule has 0 aliphatic carbocycles. The van der Waals surface area contributed by atoms with E-state index in [9.17, 15) is 9.59 Å². The third-order valence-electron chi connectivity index (χ3n) is 4.63. The summed E-state index contributed by atoms with van der Waals surface area (Å²) in [7, 11) is 0. The Kier molecular flexibility index (Phi) is 5.80. The molecule has 9 nitrogen and oxygen atoms in total. The van der Waals surface area contributed by atoms with E-state index in [2.05, 4.69) is 20.3 Å². The molecule has 9 heteroatoms. The number of anilines is 3. The minimum absolute atomic E-state index is 0.0289. The Morgan fingerprint density at radius 3 is 2.09 bits per heavy atom. The Labute approximate surface area is 184 Å². The number of imidazole rings is 1. The predicted molar refractivity (Wildman–Crippen MR) is 121 cm³/mol. The molecule has 0 fully saturated rings. The molecule has 0 unspecified atom stereocenters. The molecule has 162 valence electrons. The van der Waals surface area contributed by atoms with Crippen LogP contribution in [0.25, 0.3) is 11.2 Å². The summed E-state index contributed by atoms with van der Waals surface area (Å²) in [5.41, 5.74) is 2.03. The molecule has 2 heterocycles. The molecule has 0 aliphatic heterocycles. The monoisotopic (exact) mass is 430 g/mol. The van der Waals surface area contributed by atoms with Gasteiger partial charge < -0.3 is 9.30 Å². The molecule has 0 saturated carbocycles. The van der Waals surface area contributed by atoms with Crippen LogP contribution >= 0.6 is 0 Å². The van der Waals surface area contributed by atoms with Gasteiger partial charge in [-0.25, -0.2) is 14.7 Å². The Morgan fingerprint density at radius 1 is 0.969 bits per heavy atom. The maximum atomic E-state index is 13.4. The number of hydrogen-bond donors (Lipinski definition) is 1. The number of carbonyl (C=O) groups is 2. The maximum Gasteiger partial charge on any atom is 0.425 e. The van der Waals surface area contributed by atoms with Gasteiger partial charge in [0.25, 0.3) is 5.88 Å². The van der Waals surface area contributed by atoms with Crippen LogP contribution in [0.5, 0.6) is 5.88 Å². The van der Waals surface area contributed by atoms with Gasteiger partial charge in [-0.05, 0) is 38.1 Å². The van der Waals surface area contributed by atoms with Crippen LogP contribution in [0.2, 0.25) is 0 Å². The summed E-state index contributed by atoms with van der Waals surface area (Å²) < 4.78 is 7.53. The number of hydrogen-bond acceptors (Lipinski definition) is 6. The average molecular weight is 430 g/mol. The van der Waals surface area contributed by atoms with E-state index in [1.807, 2.05) is 54.8 Å². The summed E-state index contributed by atoms with van der Waals surface area (Å²) in [6.07, 6.45) is 0.931. The van der Waals surface area contributed by atoms with Crippen LogP contribution in [-0.4, -0.2) is 31.5 Å². The van der Waals surface area contributed by atoms with Crippen LogP contribution < -0.4 is 15.0 Å². The van der Waals surface area contributed by atoms with Crippen molar-refractivity contribution in [3.63, 3.8) is 0 Å². The van der Waals surface area contributed by atoms with E-state index in [0.717, 1.165) is 0 Å². The SMILES string of the molecule is CC(=O)Nc1nc(OC(=O)N(c2ccccc2)c2ccccc2)c2ncn(C(C)C)c2n1. The Balaban J connectivity index is 1.78. The van der Waals surface area contributed by atoms with Gasteiger partial charge in [0, 0.05) is 13.0 Å². The molecule has 2 aromatic heterocycles. The number of carbonyl (C=O) groups excluding carboxylic acids is 2. The number of benzene rings is 2. The van der Waals surface area contributed by atoms with Crippen molar-refractivity contribution in [2.24, 2.45) is 0 Å². The highest BCUT2D eigenvalue weighted by molar-refractivity contribution is 5.98. The van der Waals surface area contributed by atoms with Crippen LogP contribution in [0.1, 0.15) is 26.8 Å². The second-order valence-electron chi connectivity index (χ2n) is 7.33. The lowest BCUT2D eigenvalue weighted by molar-refractivity contribution is -0.114. The molecule has 4 aromatic rings. The average Bonchev–Trinajstić information content (AvgIpc) is 3.19. The van der Waals surface area contributed by atoms with E-state index in [0.29, 0.717) is 22.5 Å². The van der Waals surface area contributed by atoms with Gasteiger partial charge in [0.1, 0.15) is 0 Å². The van der Waals surface area contributed by atoms with Crippen LogP contribution in [0.3, 0.4) is 0 Å². The van der Waals surface area contributed by atoms with Gasteiger partial charge in [-0.15, -0.1) is 0 Å². The standard InChI is InChI=1S/C23H22N6O3/c1-15(2)28-14-24-19-20(28)26-22(25-16(3)30)27-21(19)32-23(31)29(17-10-6-4-7-11-17)18-12-8-5-9-13-18/h4-15H,1-3H3,(H,25,26,27,30). The first-order valence-electron chi connectivity index (χ1n) is 10.1. The third-order valence-corrected chi connectivity index (χ3v) is 4.63. The van der Waals surface area contributed by atoms with E-state index >= 15 is 0 Å². The minimum atomic E-state index is -0.671. The quantitative estimate of drug-likeness (QED) is 0.492. The summed E-state index contributed by atoms with van der Waals surface area (Å²) in [6.45, 7) is 5.30. The van der Waals surface area contributed by atoms with Crippen molar-refractivity contribution in [2.45, 2.75) is 26.8 Å². The summed E-state index contributed by atoms with van der Waals surface area (Å²) in [4.78, 5) is 39.3. The number of ether oxygens (including phenoxy) is 1. The topological polar surface area (TPSA) is 102 Å². The maximum absolute atomic E-state index is 13.4. The Morgan fingerprint density at radius 2 is 1.56 bits per heavy atom. The molecule has 1 N–H and O–H groups in total. The third kappa shape index (κ3) is 4.27. The van der Waals surface area contributed by atoms with Crippen molar-refractivity contribution in [3.05, 3.63) is 67.0 Å². The van der Waals surface area contributed by atoms with Gasteiger partial charge in [-0.1, -0.05) is 36.4 Å². The van der Waals surface area contributed by atoms with Gasteiger partial charge in [0.15, 0.2) is 11.2 Å². The summed E-state index contributed by atoms with van der Waals surface area (Å²) in [5.74, 6) is -0.353. The predicted octanol–water partition coefficient (Wildman–Crippen LogP) is 4.70. The molecule has 0 saturated heterocycles. The number of amides is 2. The van der Waals surface area contributed by atoms with Crippen LogP contribution in [0.4, 0.5) is 22.1 Å². The summed E-state index contributed by atoms with van der Waals surface area (Å²) in [5, 5.41) is 2.55. The van der Waals surface area contributed by atoms with Crippen molar-refractivity contribution in [3.8, 4) is 5.88 Å². The van der Waals surface area contributed by atoms with Crippen LogP contribution in [-0.2, 0) is 4.79 Å². The van der Waals surface area contributed by atoms with E-state index in [4.69, 9.17) is 4.74 Å². The van der Waals surface area contributed by atoms with E-state index in [1.165, 1.54) is 11.8 Å². The van der Waals surface area contributed by atoms with E-state index < -0.39 is 6.09 Å². The van der Waals surface area contributed by atoms with Crippen molar-refractivity contribution in [1.82, 2.24) is 19.5 Å². The molecule has 4 rings (SSSR count). The number of rotatable bonds is 5. The molecular weight excluding hydrogens is 408 g/mol. The zero-order valence-corrected chi connectivity index (χ0v) is 17.9. The van der Waals surface area contributed by atoms with Gasteiger partial charge in [-0.2, -0.15) is 9.97 Å². The smallest absolute Gasteiger partial charge is 0.388 e. The van der Waals surface area contributed by atoms with E-state index in [1.54, 1.807) is 30.6 Å². The number of nitrogens with zero attached hydrogens (tertiary/aromatic N) is 5. The first-order chi connectivity index (χ1) is 15.4. The highest BCUT2D eigenvalue weighted by atomic mass is 16.6. The number of fused-ring (bicyclic) bond motifs is 1. The second-order valence-corrected chi connectivity index (χ2v) is 7.33. The lowest BCUT2D eigenvalue weighted by Gasteiger charge is -2.22. The van der Waals surface area contributed by atoms with Crippen molar-refractivity contribution < 1.29 is 14.3 Å². The fourth-order valence-electron chi connectivity index (χ4n) is 3.20. The van der Waals surface area contributed by atoms with Gasteiger partial charge in [-0.3, -0.25) is 10.1 Å². The number of nitrogens with one attached hydrogen (secondary N) is 1. The molecule has 2 amide bonds. The van der Waals surface area contributed by atoms with Crippen LogP contribution in [0.15, 0.2) is 67.0 Å². The minimum Gasteiger partial charge on any atom is -0.388 e. The largest absolute Gasteiger partial charge is 0.425 e. The molecule has 0 atom stereocenters. The highest BCUT2D eigenvalue weighted by Crippen LogP contribution is 2.29. The van der Waals surface area contributed by atoms with Gasteiger partial charge >= 0.3 is 6.09 Å². The Hall–Kier alpha value is -4.27. The molecule has 32 heavy (non-hydrogen) atoms. The normalized spacial score (nSPS) is 10.9. The van der Waals surface area contributed by atoms with Crippen molar-refractivity contribution >= 4 is 40.5 Å². The molecule has 0 bridgehead atoms. The molecule has 0 spiro atoms. The second kappa shape index (κ2) is 8.84. The fourth-order valence-corrected chi connectivity index (χ4v) is 3.20. The zero-order valence-electron chi connectivity index (χ0n) is 17.9. The van der Waals surface area contributed by atoms with Crippen molar-refractivity contribution in [1.29, 1.82) is 0 Å². The van der Waals surface area contributed by atoms with E-state index in [-0.39, 0.29) is 23.8 Å². The summed E-state index contributed by atoms with van der Waals surface area (Å²) >= 11 is 0. The van der Waals surface area contributed by atoms with Gasteiger partial charge in [0.05, 0.1) is 17.7 Å². The molecule has 0 aliphatic rings. The van der Waals surface area contributed by atoms with Crippen LogP contribution in [0, 0.1) is 0 Å². The fraction of sp³-hybridized carbons (Fsp3) is 0.174. The van der Waals surface area contributed by atoms with Gasteiger partial charge in [0.2, 0.25) is 11.9 Å².